The third-order valence-corrected chi connectivity index (χ3v) is 7.61. The van der Waals surface area contributed by atoms with E-state index in [1.807, 2.05) is 38.1 Å². The highest BCUT2D eigenvalue weighted by atomic mass is 16.1. The number of nitrogens with zero attached hydrogens (tertiary/aromatic N) is 3. The topological polar surface area (TPSA) is 39.2 Å². The monoisotopic (exact) mass is 409 g/mol. The molecule has 0 radical (unpaired) electrons. The van der Waals surface area contributed by atoms with Crippen LogP contribution in [0.15, 0.2) is 60.7 Å². The van der Waals surface area contributed by atoms with Crippen LogP contribution < -0.4 is 0 Å². The number of hydrogen-bond acceptors (Lipinski definition) is 2. The molecule has 0 N–H and O–H groups in total. The standard InChI is InChI=1S/C27H27N3O/c1-26(2)22-16-15-20-23(18-11-7-5-8-12-18)30(19-13-9-6-10-14-19)29-24(20)27(22,3)17-21(28-4)25(26)31/h5-14,21-22H,15-17H2,1-3H3/t21?,22-,27-/m0/s1. The second-order valence-corrected chi connectivity index (χ2v) is 9.73. The van der Waals surface area contributed by atoms with E-state index in [9.17, 15) is 4.79 Å². The molecule has 0 aliphatic heterocycles. The molecule has 0 saturated heterocycles. The number of fused-ring (bicyclic) bond motifs is 3. The minimum Gasteiger partial charge on any atom is -0.305 e. The van der Waals surface area contributed by atoms with Gasteiger partial charge in [0.1, 0.15) is 0 Å². The van der Waals surface area contributed by atoms with Gasteiger partial charge in [-0.3, -0.25) is 4.79 Å². The fraction of sp³-hybridized carbons (Fsp3) is 0.370. The summed E-state index contributed by atoms with van der Waals surface area (Å²) in [5.74, 6) is 0.278. The Morgan fingerprint density at radius 3 is 2.32 bits per heavy atom. The van der Waals surface area contributed by atoms with E-state index in [-0.39, 0.29) is 17.1 Å². The first kappa shape index (κ1) is 19.8. The highest BCUT2D eigenvalue weighted by Crippen LogP contribution is 2.57. The van der Waals surface area contributed by atoms with Crippen molar-refractivity contribution in [1.29, 1.82) is 0 Å². The molecular weight excluding hydrogens is 382 g/mol. The average molecular weight is 410 g/mol. The predicted molar refractivity (Wildman–Crippen MR) is 122 cm³/mol. The molecule has 3 atom stereocenters. The summed E-state index contributed by atoms with van der Waals surface area (Å²) in [5.41, 5.74) is 4.82. The lowest BCUT2D eigenvalue weighted by Gasteiger charge is -2.51. The SMILES string of the molecule is [C-]#[N+]C1C[C@]2(C)c3nn(-c4ccccc4)c(-c4ccccc4)c3CC[C@H]2C(C)(C)C1=O. The number of para-hydroxylation sites is 1. The zero-order valence-electron chi connectivity index (χ0n) is 18.3. The van der Waals surface area contributed by atoms with Gasteiger partial charge in [0, 0.05) is 28.4 Å². The van der Waals surface area contributed by atoms with E-state index in [4.69, 9.17) is 11.7 Å². The molecule has 31 heavy (non-hydrogen) atoms. The van der Waals surface area contributed by atoms with Gasteiger partial charge in [-0.1, -0.05) is 69.3 Å². The molecule has 0 amide bonds. The molecule has 1 saturated carbocycles. The van der Waals surface area contributed by atoms with E-state index in [1.165, 1.54) is 5.56 Å². The zero-order chi connectivity index (χ0) is 21.8. The molecule has 5 rings (SSSR count). The van der Waals surface area contributed by atoms with Gasteiger partial charge in [0.25, 0.3) is 6.04 Å². The number of benzene rings is 2. The van der Waals surface area contributed by atoms with Gasteiger partial charge in [-0.15, -0.1) is 0 Å². The van der Waals surface area contributed by atoms with Gasteiger partial charge in [0.2, 0.25) is 5.78 Å². The summed E-state index contributed by atoms with van der Waals surface area (Å²) in [7, 11) is 0. The number of ketones is 1. The van der Waals surface area contributed by atoms with E-state index in [0.717, 1.165) is 35.5 Å². The summed E-state index contributed by atoms with van der Waals surface area (Å²) >= 11 is 0. The molecule has 2 aliphatic carbocycles. The Labute approximate surface area is 183 Å². The summed E-state index contributed by atoms with van der Waals surface area (Å²) in [5, 5.41) is 5.22. The zero-order valence-corrected chi connectivity index (χ0v) is 18.3. The maximum Gasteiger partial charge on any atom is 0.282 e. The van der Waals surface area contributed by atoms with Crippen molar-refractivity contribution < 1.29 is 4.79 Å². The average Bonchev–Trinajstić information content (AvgIpc) is 3.18. The number of rotatable bonds is 2. The van der Waals surface area contributed by atoms with Crippen molar-refractivity contribution in [2.24, 2.45) is 11.3 Å². The van der Waals surface area contributed by atoms with Crippen molar-refractivity contribution in [2.75, 3.05) is 0 Å². The maximum absolute atomic E-state index is 13.1. The van der Waals surface area contributed by atoms with Crippen molar-refractivity contribution in [3.8, 4) is 16.9 Å². The molecule has 4 heteroatoms. The Morgan fingerprint density at radius 2 is 1.68 bits per heavy atom. The van der Waals surface area contributed by atoms with Crippen LogP contribution >= 0.6 is 0 Å². The lowest BCUT2D eigenvalue weighted by atomic mass is 9.50. The Morgan fingerprint density at radius 1 is 1.03 bits per heavy atom. The minimum absolute atomic E-state index is 0.0965. The van der Waals surface area contributed by atoms with Crippen molar-refractivity contribution in [3.05, 3.63) is 83.3 Å². The molecule has 1 unspecified atom stereocenters. The smallest absolute Gasteiger partial charge is 0.282 e. The third-order valence-electron chi connectivity index (χ3n) is 7.61. The highest BCUT2D eigenvalue weighted by Gasteiger charge is 2.61. The van der Waals surface area contributed by atoms with Crippen molar-refractivity contribution in [1.82, 2.24) is 9.78 Å². The third kappa shape index (κ3) is 2.80. The molecule has 1 heterocycles. The van der Waals surface area contributed by atoms with Crippen LogP contribution in [0.4, 0.5) is 0 Å². The lowest BCUT2D eigenvalue weighted by molar-refractivity contribution is -0.137. The minimum atomic E-state index is -0.593. The quantitative estimate of drug-likeness (QED) is 0.513. The molecule has 0 spiro atoms. The summed E-state index contributed by atoms with van der Waals surface area (Å²) in [4.78, 5) is 16.8. The van der Waals surface area contributed by atoms with Crippen LogP contribution in [0.1, 0.15) is 44.9 Å². The number of carbonyl (C=O) groups excluding carboxylic acids is 1. The molecule has 2 aromatic carbocycles. The van der Waals surface area contributed by atoms with Gasteiger partial charge in [-0.05, 0) is 30.9 Å². The Hall–Kier alpha value is -3.19. The number of Topliss-reactive ketones (excluding diaryl/α,β-unsaturated/α-hetero) is 1. The summed E-state index contributed by atoms with van der Waals surface area (Å²) in [6.45, 7) is 14.0. The van der Waals surface area contributed by atoms with E-state index >= 15 is 0 Å². The lowest BCUT2D eigenvalue weighted by Crippen LogP contribution is -2.56. The summed E-state index contributed by atoms with van der Waals surface area (Å²) in [6, 6.07) is 20.1. The van der Waals surface area contributed by atoms with Crippen LogP contribution in [0.5, 0.6) is 0 Å². The molecule has 0 bridgehead atoms. The van der Waals surface area contributed by atoms with Gasteiger partial charge in [-0.2, -0.15) is 5.10 Å². The van der Waals surface area contributed by atoms with Crippen LogP contribution in [0, 0.1) is 17.9 Å². The fourth-order valence-corrected chi connectivity index (χ4v) is 6.16. The molecule has 4 nitrogen and oxygen atoms in total. The Bertz CT molecular complexity index is 1190. The van der Waals surface area contributed by atoms with Crippen molar-refractivity contribution in [3.63, 3.8) is 0 Å². The van der Waals surface area contributed by atoms with Gasteiger partial charge in [0.15, 0.2) is 0 Å². The van der Waals surface area contributed by atoms with Gasteiger partial charge >= 0.3 is 0 Å². The molecule has 156 valence electrons. The predicted octanol–water partition coefficient (Wildman–Crippen LogP) is 5.65. The summed E-state index contributed by atoms with van der Waals surface area (Å²) < 4.78 is 2.07. The Balaban J connectivity index is 1.77. The molecule has 3 aromatic rings. The van der Waals surface area contributed by atoms with E-state index in [2.05, 4.69) is 52.8 Å². The molecule has 2 aliphatic rings. The van der Waals surface area contributed by atoms with E-state index in [0.29, 0.717) is 6.42 Å². The second kappa shape index (κ2) is 6.92. The van der Waals surface area contributed by atoms with Gasteiger partial charge in [0.05, 0.1) is 17.1 Å². The number of hydrogen-bond donors (Lipinski definition) is 0. The largest absolute Gasteiger partial charge is 0.305 e. The maximum atomic E-state index is 13.1. The van der Waals surface area contributed by atoms with Crippen molar-refractivity contribution in [2.45, 2.75) is 51.5 Å². The number of aromatic nitrogens is 2. The van der Waals surface area contributed by atoms with Crippen LogP contribution in [0.3, 0.4) is 0 Å². The first-order valence-electron chi connectivity index (χ1n) is 11.0. The Kier molecular flexibility index (Phi) is 4.41. The van der Waals surface area contributed by atoms with Crippen molar-refractivity contribution >= 4 is 5.78 Å². The molecule has 1 fully saturated rings. The first-order chi connectivity index (χ1) is 14.9. The fourth-order valence-electron chi connectivity index (χ4n) is 6.16. The highest BCUT2D eigenvalue weighted by molar-refractivity contribution is 5.92. The van der Waals surface area contributed by atoms with Gasteiger partial charge in [-0.25, -0.2) is 11.3 Å². The molecule has 1 aromatic heterocycles. The molecular formula is C27H27N3O. The van der Waals surface area contributed by atoms with E-state index < -0.39 is 11.5 Å². The number of carbonyl (C=O) groups is 1. The normalized spacial score (nSPS) is 26.6. The summed E-state index contributed by atoms with van der Waals surface area (Å²) in [6.07, 6.45) is 2.38. The second-order valence-electron chi connectivity index (χ2n) is 9.73. The van der Waals surface area contributed by atoms with Crippen LogP contribution in [-0.4, -0.2) is 21.6 Å². The first-order valence-corrected chi connectivity index (χ1v) is 11.0. The van der Waals surface area contributed by atoms with Gasteiger partial charge < -0.3 is 4.85 Å². The van der Waals surface area contributed by atoms with Crippen LogP contribution in [0.2, 0.25) is 0 Å². The van der Waals surface area contributed by atoms with Crippen LogP contribution in [0.25, 0.3) is 21.8 Å². The van der Waals surface area contributed by atoms with Crippen LogP contribution in [-0.2, 0) is 16.6 Å². The van der Waals surface area contributed by atoms with E-state index in [1.54, 1.807) is 0 Å².